The first-order valence-electron chi connectivity index (χ1n) is 5.38. The summed E-state index contributed by atoms with van der Waals surface area (Å²) in [7, 11) is 0. The first-order valence-corrected chi connectivity index (χ1v) is 5.38. The van der Waals surface area contributed by atoms with Gasteiger partial charge in [0.15, 0.2) is 0 Å². The van der Waals surface area contributed by atoms with E-state index in [1.807, 2.05) is 36.2 Å². The van der Waals surface area contributed by atoms with Crippen LogP contribution in [0.2, 0.25) is 0 Å². The number of hydrogen-bond donors (Lipinski definition) is 1. The number of rotatable bonds is 2. The Balaban J connectivity index is 1.98. The highest BCUT2D eigenvalue weighted by molar-refractivity contribution is 5.93. The van der Waals surface area contributed by atoms with Crippen LogP contribution in [0.25, 0.3) is 0 Å². The molecule has 2 rings (SSSR count). The van der Waals surface area contributed by atoms with Gasteiger partial charge < -0.3 is 0 Å². The van der Waals surface area contributed by atoms with E-state index in [1.165, 1.54) is 18.4 Å². The predicted molar refractivity (Wildman–Crippen MR) is 59.5 cm³/mol. The van der Waals surface area contributed by atoms with Crippen molar-refractivity contribution in [1.29, 1.82) is 0 Å². The summed E-state index contributed by atoms with van der Waals surface area (Å²) in [6, 6.07) is 7.64. The molecule has 1 saturated heterocycles. The number of carbonyl (C=O) groups is 1. The minimum absolute atomic E-state index is 0.00287. The first-order chi connectivity index (χ1) is 7.25. The lowest BCUT2D eigenvalue weighted by atomic mass is 10.1. The van der Waals surface area contributed by atoms with Crippen LogP contribution in [-0.2, 0) is 0 Å². The number of carbonyl (C=O) groups excluding carboxylic acids is 1. The van der Waals surface area contributed by atoms with Crippen molar-refractivity contribution in [1.82, 2.24) is 10.4 Å². The van der Waals surface area contributed by atoms with Gasteiger partial charge in [-0.15, -0.1) is 0 Å². The van der Waals surface area contributed by atoms with Crippen LogP contribution >= 0.6 is 0 Å². The van der Waals surface area contributed by atoms with Gasteiger partial charge in [-0.05, 0) is 31.9 Å². The third-order valence-corrected chi connectivity index (χ3v) is 2.68. The number of benzene rings is 1. The summed E-state index contributed by atoms with van der Waals surface area (Å²) in [6.45, 7) is 3.96. The van der Waals surface area contributed by atoms with Crippen LogP contribution in [0, 0.1) is 6.92 Å². The number of hydrazine groups is 1. The van der Waals surface area contributed by atoms with Gasteiger partial charge in [0, 0.05) is 18.7 Å². The number of nitrogens with zero attached hydrogens (tertiary/aromatic N) is 1. The Kier molecular flexibility index (Phi) is 3.02. The molecule has 0 unspecified atom stereocenters. The highest BCUT2D eigenvalue weighted by Gasteiger charge is 2.14. The van der Waals surface area contributed by atoms with E-state index in [9.17, 15) is 4.79 Å². The van der Waals surface area contributed by atoms with Gasteiger partial charge in [-0.25, -0.2) is 5.01 Å². The lowest BCUT2D eigenvalue weighted by Crippen LogP contribution is -2.39. The van der Waals surface area contributed by atoms with Crippen LogP contribution in [0.15, 0.2) is 24.3 Å². The van der Waals surface area contributed by atoms with Crippen LogP contribution in [-0.4, -0.2) is 24.0 Å². The Morgan fingerprint density at radius 1 is 1.20 bits per heavy atom. The van der Waals surface area contributed by atoms with Crippen LogP contribution in [0.3, 0.4) is 0 Å². The summed E-state index contributed by atoms with van der Waals surface area (Å²) in [5.41, 5.74) is 4.81. The quantitative estimate of drug-likeness (QED) is 0.795. The molecule has 1 heterocycles. The van der Waals surface area contributed by atoms with Gasteiger partial charge in [-0.3, -0.25) is 10.2 Å². The van der Waals surface area contributed by atoms with Gasteiger partial charge in [-0.1, -0.05) is 17.7 Å². The molecule has 0 saturated carbocycles. The average molecular weight is 204 g/mol. The van der Waals surface area contributed by atoms with Crippen molar-refractivity contribution in [2.24, 2.45) is 0 Å². The summed E-state index contributed by atoms with van der Waals surface area (Å²) >= 11 is 0. The van der Waals surface area contributed by atoms with Crippen LogP contribution < -0.4 is 5.43 Å². The maximum atomic E-state index is 11.8. The van der Waals surface area contributed by atoms with E-state index >= 15 is 0 Å². The fourth-order valence-corrected chi connectivity index (χ4v) is 1.74. The van der Waals surface area contributed by atoms with Crippen molar-refractivity contribution >= 4 is 5.91 Å². The predicted octanol–water partition coefficient (Wildman–Crippen LogP) is 1.74. The fourth-order valence-electron chi connectivity index (χ4n) is 1.74. The summed E-state index contributed by atoms with van der Waals surface area (Å²) in [6.07, 6.45) is 2.35. The molecule has 1 N–H and O–H groups in total. The van der Waals surface area contributed by atoms with Gasteiger partial charge in [0.2, 0.25) is 0 Å². The molecule has 0 bridgehead atoms. The van der Waals surface area contributed by atoms with E-state index in [0.717, 1.165) is 18.7 Å². The zero-order chi connectivity index (χ0) is 10.7. The van der Waals surface area contributed by atoms with Crippen molar-refractivity contribution in [3.8, 4) is 0 Å². The van der Waals surface area contributed by atoms with E-state index in [1.54, 1.807) is 0 Å². The molecule has 1 aliphatic rings. The van der Waals surface area contributed by atoms with Crippen LogP contribution in [0.1, 0.15) is 28.8 Å². The van der Waals surface area contributed by atoms with Gasteiger partial charge in [0.25, 0.3) is 5.91 Å². The van der Waals surface area contributed by atoms with Crippen LogP contribution in [0.4, 0.5) is 0 Å². The Bertz CT molecular complexity index is 339. The first kappa shape index (κ1) is 10.2. The van der Waals surface area contributed by atoms with Gasteiger partial charge in [-0.2, -0.15) is 0 Å². The molecule has 1 aliphatic heterocycles. The van der Waals surface area contributed by atoms with E-state index in [2.05, 4.69) is 5.43 Å². The largest absolute Gasteiger partial charge is 0.285 e. The second-order valence-electron chi connectivity index (χ2n) is 4.00. The Morgan fingerprint density at radius 3 is 2.40 bits per heavy atom. The maximum absolute atomic E-state index is 11.8. The molecule has 1 aromatic carbocycles. The summed E-state index contributed by atoms with van der Waals surface area (Å²) in [5.74, 6) is -0.00287. The van der Waals surface area contributed by atoms with E-state index in [4.69, 9.17) is 0 Å². The van der Waals surface area contributed by atoms with Crippen molar-refractivity contribution in [3.63, 3.8) is 0 Å². The highest BCUT2D eigenvalue weighted by Crippen LogP contribution is 2.06. The van der Waals surface area contributed by atoms with Crippen molar-refractivity contribution in [2.75, 3.05) is 13.1 Å². The molecule has 1 amide bonds. The topological polar surface area (TPSA) is 32.3 Å². The summed E-state index contributed by atoms with van der Waals surface area (Å²) in [4.78, 5) is 11.8. The molecular formula is C12H16N2O. The Labute approximate surface area is 90.1 Å². The van der Waals surface area contributed by atoms with Gasteiger partial charge >= 0.3 is 0 Å². The van der Waals surface area contributed by atoms with Gasteiger partial charge in [0.1, 0.15) is 0 Å². The molecular weight excluding hydrogens is 188 g/mol. The number of hydrogen-bond acceptors (Lipinski definition) is 2. The SMILES string of the molecule is Cc1ccc(C(=O)NN2CCCC2)cc1. The molecule has 15 heavy (non-hydrogen) atoms. The molecule has 1 aromatic rings. The lowest BCUT2D eigenvalue weighted by Gasteiger charge is -2.16. The van der Waals surface area contributed by atoms with E-state index < -0.39 is 0 Å². The molecule has 0 atom stereocenters. The average Bonchev–Trinajstić information content (AvgIpc) is 2.71. The fraction of sp³-hybridized carbons (Fsp3) is 0.417. The molecule has 3 heteroatoms. The zero-order valence-corrected chi connectivity index (χ0v) is 8.99. The number of aryl methyl sites for hydroxylation is 1. The standard InChI is InChI=1S/C12H16N2O/c1-10-4-6-11(7-5-10)12(15)13-14-8-2-3-9-14/h4-7H,2-3,8-9H2,1H3,(H,13,15). The van der Waals surface area contributed by atoms with Crippen molar-refractivity contribution in [3.05, 3.63) is 35.4 Å². The molecule has 0 aliphatic carbocycles. The van der Waals surface area contributed by atoms with Crippen molar-refractivity contribution < 1.29 is 4.79 Å². The summed E-state index contributed by atoms with van der Waals surface area (Å²) in [5, 5.41) is 1.99. The van der Waals surface area contributed by atoms with E-state index in [0.29, 0.717) is 0 Å². The molecule has 80 valence electrons. The smallest absolute Gasteiger partial charge is 0.265 e. The molecule has 1 fully saturated rings. The van der Waals surface area contributed by atoms with Gasteiger partial charge in [0.05, 0.1) is 0 Å². The summed E-state index contributed by atoms with van der Waals surface area (Å²) < 4.78 is 0. The maximum Gasteiger partial charge on any atom is 0.265 e. The monoisotopic (exact) mass is 204 g/mol. The Morgan fingerprint density at radius 2 is 1.80 bits per heavy atom. The van der Waals surface area contributed by atoms with E-state index in [-0.39, 0.29) is 5.91 Å². The third-order valence-electron chi connectivity index (χ3n) is 2.68. The second-order valence-corrected chi connectivity index (χ2v) is 4.00. The number of nitrogens with one attached hydrogen (secondary N) is 1. The van der Waals surface area contributed by atoms with Crippen LogP contribution in [0.5, 0.6) is 0 Å². The third kappa shape index (κ3) is 2.57. The zero-order valence-electron chi connectivity index (χ0n) is 8.99. The highest BCUT2D eigenvalue weighted by atomic mass is 16.2. The number of amides is 1. The molecule has 0 aromatic heterocycles. The minimum Gasteiger partial charge on any atom is -0.285 e. The molecule has 0 spiro atoms. The second kappa shape index (κ2) is 4.45. The normalized spacial score (nSPS) is 16.6. The lowest BCUT2D eigenvalue weighted by molar-refractivity contribution is 0.0826. The molecule has 3 nitrogen and oxygen atoms in total. The van der Waals surface area contributed by atoms with Crippen molar-refractivity contribution in [2.45, 2.75) is 19.8 Å². The Hall–Kier alpha value is -1.35. The minimum atomic E-state index is -0.00287. The molecule has 0 radical (unpaired) electrons.